The average molecular weight is 500 g/mol. The van der Waals surface area contributed by atoms with Crippen LogP contribution in [0.2, 0.25) is 0 Å². The molecule has 1 aromatic heterocycles. The van der Waals surface area contributed by atoms with E-state index in [4.69, 9.17) is 31.6 Å². The summed E-state index contributed by atoms with van der Waals surface area (Å²) in [4.78, 5) is 49.6. The summed E-state index contributed by atoms with van der Waals surface area (Å²) in [6.45, 7) is 0.325. The molecule has 14 nitrogen and oxygen atoms in total. The molecular formula is C10H16FN2O12P3S. The van der Waals surface area contributed by atoms with Crippen LogP contribution in [-0.4, -0.2) is 41.6 Å². The van der Waals surface area contributed by atoms with E-state index in [0.717, 1.165) is 4.57 Å². The number of hydrogen-bond donors (Lipinski definition) is 5. The molecule has 0 radical (unpaired) electrons. The summed E-state index contributed by atoms with van der Waals surface area (Å²) in [5.74, 6) is -2.68. The first-order chi connectivity index (χ1) is 13.0. The first-order valence-electron chi connectivity index (χ1n) is 7.48. The molecule has 0 spiro atoms. The quantitative estimate of drug-likeness (QED) is 0.254. The topological polar surface area (TPSA) is 207 Å². The number of H-pyrrole nitrogens is 1. The van der Waals surface area contributed by atoms with E-state index in [-0.39, 0.29) is 11.1 Å². The van der Waals surface area contributed by atoms with Crippen LogP contribution in [0.5, 0.6) is 0 Å². The molecule has 166 valence electrons. The summed E-state index contributed by atoms with van der Waals surface area (Å²) in [5, 5.41) is 0. The zero-order chi connectivity index (χ0) is 22.3. The fourth-order valence-electron chi connectivity index (χ4n) is 2.28. The van der Waals surface area contributed by atoms with Crippen LogP contribution in [0.4, 0.5) is 4.39 Å². The molecule has 1 saturated heterocycles. The Bertz CT molecular complexity index is 1040. The maximum atomic E-state index is 14.7. The van der Waals surface area contributed by atoms with E-state index in [0.29, 0.717) is 5.56 Å². The summed E-state index contributed by atoms with van der Waals surface area (Å²) in [5.41, 5.74) is -0.171. The summed E-state index contributed by atoms with van der Waals surface area (Å²) < 4.78 is 65.7. The van der Waals surface area contributed by atoms with Crippen molar-refractivity contribution in [3.63, 3.8) is 0 Å². The third kappa shape index (κ3) is 7.24. The number of ether oxygens (including phenoxy) is 1. The highest BCUT2D eigenvalue weighted by molar-refractivity contribution is 7.71. The van der Waals surface area contributed by atoms with Crippen molar-refractivity contribution in [2.75, 3.05) is 6.61 Å². The summed E-state index contributed by atoms with van der Waals surface area (Å²) in [6.07, 6.45) is -0.211. The third-order valence-corrected chi connectivity index (χ3v) is 7.63. The van der Waals surface area contributed by atoms with Gasteiger partial charge in [0.2, 0.25) is 5.85 Å². The van der Waals surface area contributed by atoms with Crippen molar-refractivity contribution in [2.24, 2.45) is 0 Å². The summed E-state index contributed by atoms with van der Waals surface area (Å²) >= 11 is 4.90. The molecule has 5 N–H and O–H groups in total. The molecule has 1 aliphatic rings. The Morgan fingerprint density at radius 2 is 1.93 bits per heavy atom. The molecule has 19 heteroatoms. The molecule has 0 aliphatic carbocycles. The molecule has 29 heavy (non-hydrogen) atoms. The number of aromatic nitrogens is 2. The SMILES string of the molecule is Cc1cn([C@H]2CC[C@@](F)(COP(=O)(O)OP(=O)(O)OP(=O)(O)O)O2)c(=O)[nH]c1=S. The Morgan fingerprint density at radius 1 is 1.31 bits per heavy atom. The molecule has 0 amide bonds. The van der Waals surface area contributed by atoms with E-state index < -0.39 is 54.3 Å². The maximum Gasteiger partial charge on any atom is 0.490 e. The van der Waals surface area contributed by atoms with Crippen molar-refractivity contribution in [1.82, 2.24) is 9.55 Å². The van der Waals surface area contributed by atoms with Crippen LogP contribution >= 0.6 is 35.7 Å². The highest BCUT2D eigenvalue weighted by atomic mass is 32.1. The van der Waals surface area contributed by atoms with Gasteiger partial charge in [0.25, 0.3) is 0 Å². The van der Waals surface area contributed by atoms with E-state index in [1.54, 1.807) is 6.92 Å². The van der Waals surface area contributed by atoms with Crippen LogP contribution in [0.25, 0.3) is 0 Å². The number of nitrogens with zero attached hydrogens (tertiary/aromatic N) is 1. The number of halogens is 1. The van der Waals surface area contributed by atoms with E-state index in [9.17, 15) is 27.8 Å². The highest BCUT2D eigenvalue weighted by Crippen LogP contribution is 2.66. The molecule has 0 bridgehead atoms. The molecule has 0 aromatic carbocycles. The Hall–Kier alpha value is -0.600. The second-order valence-corrected chi connectivity index (χ2v) is 10.7. The third-order valence-electron chi connectivity index (χ3n) is 3.43. The van der Waals surface area contributed by atoms with Gasteiger partial charge < -0.3 is 24.3 Å². The Morgan fingerprint density at radius 3 is 2.52 bits per heavy atom. The fourth-order valence-corrected chi connectivity index (χ4v) is 5.47. The van der Waals surface area contributed by atoms with Gasteiger partial charge in [0.05, 0.1) is 0 Å². The van der Waals surface area contributed by atoms with Gasteiger partial charge in [0, 0.05) is 18.2 Å². The van der Waals surface area contributed by atoms with Gasteiger partial charge in [-0.15, -0.1) is 0 Å². The predicted molar refractivity (Wildman–Crippen MR) is 93.6 cm³/mol. The van der Waals surface area contributed by atoms with E-state index >= 15 is 0 Å². The molecule has 0 saturated carbocycles. The number of aromatic amines is 1. The maximum absolute atomic E-state index is 14.7. The molecule has 4 atom stereocenters. The van der Waals surface area contributed by atoms with Crippen LogP contribution in [0.3, 0.4) is 0 Å². The van der Waals surface area contributed by atoms with Crippen molar-refractivity contribution >= 4 is 35.7 Å². The van der Waals surface area contributed by atoms with Crippen molar-refractivity contribution in [1.29, 1.82) is 0 Å². The number of phosphoric acid groups is 3. The second-order valence-electron chi connectivity index (χ2n) is 5.84. The van der Waals surface area contributed by atoms with Crippen LogP contribution in [0.15, 0.2) is 11.0 Å². The fraction of sp³-hybridized carbons (Fsp3) is 0.600. The largest absolute Gasteiger partial charge is 0.490 e. The van der Waals surface area contributed by atoms with E-state index in [2.05, 4.69) is 18.1 Å². The van der Waals surface area contributed by atoms with Gasteiger partial charge in [0.15, 0.2) is 0 Å². The molecule has 2 rings (SSSR count). The average Bonchev–Trinajstić information content (AvgIpc) is 2.88. The van der Waals surface area contributed by atoms with Crippen LogP contribution in [0.1, 0.15) is 24.6 Å². The van der Waals surface area contributed by atoms with Crippen LogP contribution < -0.4 is 5.69 Å². The van der Waals surface area contributed by atoms with Crippen molar-refractivity contribution in [3.05, 3.63) is 26.9 Å². The monoisotopic (exact) mass is 500 g/mol. The van der Waals surface area contributed by atoms with Crippen LogP contribution in [0, 0.1) is 11.6 Å². The first kappa shape index (κ1) is 24.7. The second kappa shape index (κ2) is 8.50. The number of nitrogens with one attached hydrogen (secondary N) is 1. The molecule has 1 aliphatic heterocycles. The zero-order valence-electron chi connectivity index (χ0n) is 14.4. The number of hydrogen-bond acceptors (Lipinski definition) is 9. The molecular weight excluding hydrogens is 484 g/mol. The molecule has 2 unspecified atom stereocenters. The van der Waals surface area contributed by atoms with Gasteiger partial charge in [-0.25, -0.2) is 22.9 Å². The Balaban J connectivity index is 2.04. The van der Waals surface area contributed by atoms with Crippen molar-refractivity contribution < 1.29 is 55.5 Å². The van der Waals surface area contributed by atoms with Crippen LogP contribution in [-0.2, 0) is 31.6 Å². The summed E-state index contributed by atoms with van der Waals surface area (Å²) in [6, 6.07) is 0. The normalized spacial score (nSPS) is 26.8. The predicted octanol–water partition coefficient (Wildman–Crippen LogP) is 1.53. The highest BCUT2D eigenvalue weighted by Gasteiger charge is 2.46. The minimum atomic E-state index is -5.72. The number of aryl methyl sites for hydroxylation is 1. The lowest BCUT2D eigenvalue weighted by Gasteiger charge is -2.23. The van der Waals surface area contributed by atoms with E-state index in [1.165, 1.54) is 6.20 Å². The number of rotatable bonds is 8. The van der Waals surface area contributed by atoms with Gasteiger partial charge in [0.1, 0.15) is 17.5 Å². The van der Waals surface area contributed by atoms with Crippen molar-refractivity contribution in [2.45, 2.75) is 31.8 Å². The smallest absolute Gasteiger partial charge is 0.320 e. The lowest BCUT2D eigenvalue weighted by Crippen LogP contribution is -2.32. The minimum absolute atomic E-state index is 0.0414. The van der Waals surface area contributed by atoms with Gasteiger partial charge >= 0.3 is 29.2 Å². The Kier molecular flexibility index (Phi) is 7.23. The molecule has 1 aromatic rings. The lowest BCUT2D eigenvalue weighted by atomic mass is 10.2. The lowest BCUT2D eigenvalue weighted by molar-refractivity contribution is -0.175. The standard InChI is InChI=1S/C10H16FN2O12P3S/c1-6-4-13(9(14)12-8(6)29)7-2-3-10(11,23-7)5-22-27(18,19)25-28(20,21)24-26(15,16)17/h4,7H,2-3,5H2,1H3,(H,18,19)(H,20,21)(H,12,14,29)(H2,15,16,17)/t7-,10+/m1/s1. The van der Waals surface area contributed by atoms with Gasteiger partial charge in [-0.1, -0.05) is 12.2 Å². The molecule has 1 fully saturated rings. The first-order valence-corrected chi connectivity index (χ1v) is 12.4. The zero-order valence-corrected chi connectivity index (χ0v) is 17.9. The number of phosphoric ester groups is 1. The van der Waals surface area contributed by atoms with Crippen molar-refractivity contribution in [3.8, 4) is 0 Å². The minimum Gasteiger partial charge on any atom is -0.320 e. The Labute approximate surface area is 166 Å². The van der Waals surface area contributed by atoms with Gasteiger partial charge in [-0.05, 0) is 13.3 Å². The molecule has 2 heterocycles. The summed E-state index contributed by atoms with van der Waals surface area (Å²) in [7, 11) is -16.8. The number of alkyl halides is 1. The van der Waals surface area contributed by atoms with Gasteiger partial charge in [-0.3, -0.25) is 14.1 Å². The van der Waals surface area contributed by atoms with E-state index in [1.807, 2.05) is 0 Å². The van der Waals surface area contributed by atoms with Gasteiger partial charge in [-0.2, -0.15) is 8.62 Å².